The Morgan fingerprint density at radius 3 is 2.37 bits per heavy atom. The van der Waals surface area contributed by atoms with Crippen LogP contribution in [0.25, 0.3) is 22.3 Å². The third-order valence-corrected chi connectivity index (χ3v) is 6.88. The average molecular weight is 522 g/mol. The fourth-order valence-corrected chi connectivity index (χ4v) is 4.91. The summed E-state index contributed by atoms with van der Waals surface area (Å²) in [4.78, 5) is 32.2. The van der Waals surface area contributed by atoms with Crippen molar-refractivity contribution in [1.29, 1.82) is 0 Å². The van der Waals surface area contributed by atoms with Crippen molar-refractivity contribution < 1.29 is 9.90 Å². The zero-order chi connectivity index (χ0) is 28.2. The summed E-state index contributed by atoms with van der Waals surface area (Å²) in [5, 5.41) is 15.1. The molecule has 3 N–H and O–H groups in total. The molecule has 6 nitrogen and oxygen atoms in total. The highest BCUT2D eigenvalue weighted by Crippen LogP contribution is 2.39. The minimum Gasteiger partial charge on any atom is -0.507 e. The maximum absolute atomic E-state index is 12.6. The molecule has 1 aromatic carbocycles. The van der Waals surface area contributed by atoms with E-state index in [0.29, 0.717) is 11.3 Å². The van der Waals surface area contributed by atoms with Gasteiger partial charge >= 0.3 is 0 Å². The number of hydrogen-bond donors (Lipinski definition) is 3. The molecular formula is C32H47N3O3. The summed E-state index contributed by atoms with van der Waals surface area (Å²) in [6.45, 7) is 15.2. The highest BCUT2D eigenvalue weighted by atomic mass is 16.3. The summed E-state index contributed by atoms with van der Waals surface area (Å²) in [5.41, 5.74) is 3.77. The Balaban J connectivity index is 0.000000791. The predicted octanol–water partition coefficient (Wildman–Crippen LogP) is 7.39. The van der Waals surface area contributed by atoms with Crippen LogP contribution in [0.2, 0.25) is 0 Å². The molecule has 1 aliphatic heterocycles. The highest BCUT2D eigenvalue weighted by Gasteiger charge is 2.24. The maximum Gasteiger partial charge on any atom is 0.260 e. The molecule has 1 saturated carbocycles. The van der Waals surface area contributed by atoms with Gasteiger partial charge in [-0.3, -0.25) is 9.59 Å². The summed E-state index contributed by atoms with van der Waals surface area (Å²) in [6, 6.07) is 9.39. The van der Waals surface area contributed by atoms with Crippen LogP contribution in [-0.2, 0) is 6.42 Å². The number of carbonyl (C=O) groups is 1. The minimum absolute atomic E-state index is 0.157. The van der Waals surface area contributed by atoms with Crippen molar-refractivity contribution >= 4 is 16.8 Å². The normalized spacial score (nSPS) is 16.2. The van der Waals surface area contributed by atoms with Gasteiger partial charge in [0.05, 0.1) is 11.3 Å². The van der Waals surface area contributed by atoms with Crippen molar-refractivity contribution in [2.45, 2.75) is 92.9 Å². The van der Waals surface area contributed by atoms with Crippen LogP contribution in [0.4, 0.5) is 0 Å². The first-order chi connectivity index (χ1) is 18.5. The third kappa shape index (κ3) is 7.53. The lowest BCUT2D eigenvalue weighted by Crippen LogP contribution is -2.28. The van der Waals surface area contributed by atoms with Gasteiger partial charge in [0.15, 0.2) is 5.78 Å². The van der Waals surface area contributed by atoms with Gasteiger partial charge in [0, 0.05) is 17.5 Å². The second-order valence-electron chi connectivity index (χ2n) is 9.26. The summed E-state index contributed by atoms with van der Waals surface area (Å²) >= 11 is 0. The topological polar surface area (TPSA) is 95.1 Å². The van der Waals surface area contributed by atoms with E-state index in [1.54, 1.807) is 12.1 Å². The number of carbonyl (C=O) groups excluding carboxylic acids is 1. The molecule has 0 amide bonds. The molecule has 6 heteroatoms. The summed E-state index contributed by atoms with van der Waals surface area (Å²) in [5.74, 6) is 0.994. The van der Waals surface area contributed by atoms with E-state index in [2.05, 4.69) is 22.4 Å². The molecule has 0 bridgehead atoms. The third-order valence-electron chi connectivity index (χ3n) is 6.88. The molecule has 1 aliphatic carbocycles. The van der Waals surface area contributed by atoms with Crippen molar-refractivity contribution in [2.24, 2.45) is 5.92 Å². The lowest BCUT2D eigenvalue weighted by molar-refractivity contribution is 0.101. The van der Waals surface area contributed by atoms with Gasteiger partial charge < -0.3 is 15.4 Å². The van der Waals surface area contributed by atoms with Crippen LogP contribution in [0.1, 0.15) is 108 Å². The van der Waals surface area contributed by atoms with E-state index in [-0.39, 0.29) is 23.0 Å². The Hall–Kier alpha value is -2.99. The number of aromatic hydroxyl groups is 1. The van der Waals surface area contributed by atoms with Gasteiger partial charge in [0.25, 0.3) is 5.56 Å². The van der Waals surface area contributed by atoms with Gasteiger partial charge in [0.1, 0.15) is 11.4 Å². The summed E-state index contributed by atoms with van der Waals surface area (Å²) < 4.78 is 0. The lowest BCUT2D eigenvalue weighted by atomic mass is 9.87. The molecule has 5 rings (SSSR count). The number of phenolic OH excluding ortho intramolecular Hbond substituents is 1. The smallest absolute Gasteiger partial charge is 0.260 e. The number of piperidine rings is 1. The zero-order valence-corrected chi connectivity index (χ0v) is 24.4. The van der Waals surface area contributed by atoms with E-state index in [9.17, 15) is 14.7 Å². The Morgan fingerprint density at radius 1 is 1.05 bits per heavy atom. The predicted molar refractivity (Wildman–Crippen MR) is 159 cm³/mol. The second kappa shape index (κ2) is 15.4. The maximum atomic E-state index is 12.6. The average Bonchev–Trinajstić information content (AvgIpc) is 3.79. The largest absolute Gasteiger partial charge is 0.507 e. The van der Waals surface area contributed by atoms with Crippen LogP contribution in [0.3, 0.4) is 0 Å². The number of ketones is 1. The van der Waals surface area contributed by atoms with E-state index >= 15 is 0 Å². The number of fused-ring (bicyclic) bond motifs is 1. The molecule has 0 radical (unpaired) electrons. The number of phenols is 1. The zero-order valence-electron chi connectivity index (χ0n) is 24.4. The van der Waals surface area contributed by atoms with Crippen LogP contribution in [0.5, 0.6) is 5.75 Å². The summed E-state index contributed by atoms with van der Waals surface area (Å²) in [6.07, 6.45) is 6.68. The molecule has 208 valence electrons. The molecule has 2 aromatic heterocycles. The number of aromatic amines is 1. The SMILES string of the molecule is CC.CC.CC.CC(=O)c1cc2c(C3CCCNC3)cc(-c3c(O)cccc3CCC3CC3)nc2[nH]c1=O. The number of H-pyrrole nitrogens is 1. The van der Waals surface area contributed by atoms with Gasteiger partial charge in [-0.1, -0.05) is 66.5 Å². The van der Waals surface area contributed by atoms with Crippen LogP contribution >= 0.6 is 0 Å². The number of rotatable bonds is 6. The van der Waals surface area contributed by atoms with E-state index in [0.717, 1.165) is 66.8 Å². The van der Waals surface area contributed by atoms with Crippen molar-refractivity contribution in [1.82, 2.24) is 15.3 Å². The van der Waals surface area contributed by atoms with Crippen LogP contribution in [-0.4, -0.2) is 33.9 Å². The van der Waals surface area contributed by atoms with Gasteiger partial charge in [-0.15, -0.1) is 0 Å². The fraction of sp³-hybridized carbons (Fsp3) is 0.531. The Morgan fingerprint density at radius 2 is 1.76 bits per heavy atom. The number of nitrogens with zero attached hydrogens (tertiary/aromatic N) is 1. The van der Waals surface area contributed by atoms with Crippen molar-refractivity contribution in [3.05, 3.63) is 57.4 Å². The van der Waals surface area contributed by atoms with Crippen molar-refractivity contribution in [3.8, 4) is 17.0 Å². The first-order valence-electron chi connectivity index (χ1n) is 14.6. The van der Waals surface area contributed by atoms with E-state index in [1.807, 2.05) is 47.6 Å². The number of benzene rings is 1. The molecule has 3 aromatic rings. The van der Waals surface area contributed by atoms with Crippen LogP contribution in [0, 0.1) is 5.92 Å². The van der Waals surface area contributed by atoms with Crippen LogP contribution in [0.15, 0.2) is 35.1 Å². The molecule has 1 unspecified atom stereocenters. The summed E-state index contributed by atoms with van der Waals surface area (Å²) in [7, 11) is 0. The number of aromatic nitrogens is 2. The standard InChI is InChI=1S/C26H29N3O3.3C2H6/c1-15(30)19-12-21-20(18-5-3-11-27-14-18)13-22(28-25(21)29-26(19)32)24-17(4-2-6-23(24)31)10-9-16-7-8-16;3*1-2/h2,4,6,12-13,16,18,27,31H,3,5,7-11,14H2,1H3,(H,28,29,32);3*1-2H3. The molecule has 38 heavy (non-hydrogen) atoms. The highest BCUT2D eigenvalue weighted by molar-refractivity contribution is 5.97. The molecule has 1 atom stereocenters. The van der Waals surface area contributed by atoms with Gasteiger partial charge in [0.2, 0.25) is 0 Å². The number of hydrogen-bond acceptors (Lipinski definition) is 5. The lowest BCUT2D eigenvalue weighted by Gasteiger charge is -2.25. The fourth-order valence-electron chi connectivity index (χ4n) is 4.91. The Labute approximate surface area is 228 Å². The quantitative estimate of drug-likeness (QED) is 0.294. The van der Waals surface area contributed by atoms with Crippen LogP contribution < -0.4 is 10.9 Å². The number of Topliss-reactive ketones (excluding diaryl/α,β-unsaturated/α-hetero) is 1. The Kier molecular flexibility index (Phi) is 12.7. The molecule has 2 fully saturated rings. The Bertz CT molecular complexity index is 1240. The van der Waals surface area contributed by atoms with Gasteiger partial charge in [-0.2, -0.15) is 0 Å². The molecule has 3 heterocycles. The van der Waals surface area contributed by atoms with E-state index < -0.39 is 5.56 Å². The monoisotopic (exact) mass is 521 g/mol. The molecular weight excluding hydrogens is 474 g/mol. The number of aryl methyl sites for hydroxylation is 1. The number of nitrogens with one attached hydrogen (secondary N) is 2. The molecule has 0 spiro atoms. The first-order valence-corrected chi connectivity index (χ1v) is 14.6. The van der Waals surface area contributed by atoms with Crippen molar-refractivity contribution in [3.63, 3.8) is 0 Å². The molecule has 2 aliphatic rings. The second-order valence-corrected chi connectivity index (χ2v) is 9.26. The van der Waals surface area contributed by atoms with E-state index in [1.165, 1.54) is 19.8 Å². The molecule has 1 saturated heterocycles. The van der Waals surface area contributed by atoms with Gasteiger partial charge in [-0.05, 0) is 80.3 Å². The minimum atomic E-state index is -0.423. The first kappa shape index (κ1) is 31.2. The van der Waals surface area contributed by atoms with Crippen molar-refractivity contribution in [2.75, 3.05) is 13.1 Å². The van der Waals surface area contributed by atoms with E-state index in [4.69, 9.17) is 4.98 Å². The van der Waals surface area contributed by atoms with Gasteiger partial charge in [-0.25, -0.2) is 4.98 Å². The number of pyridine rings is 2.